The van der Waals surface area contributed by atoms with Crippen LogP contribution in [-0.2, 0) is 6.18 Å². The fourth-order valence-corrected chi connectivity index (χ4v) is 1.92. The molecule has 120 valence electrons. The molecule has 1 amide bonds. The van der Waals surface area contributed by atoms with Crippen LogP contribution in [0.3, 0.4) is 0 Å². The molecule has 0 spiro atoms. The van der Waals surface area contributed by atoms with Crippen LogP contribution in [0.1, 0.15) is 32.0 Å². The number of nitrogens with zero attached hydrogens (tertiary/aromatic N) is 1. The van der Waals surface area contributed by atoms with Crippen molar-refractivity contribution in [2.24, 2.45) is 0 Å². The maximum Gasteiger partial charge on any atom is 0.416 e. The van der Waals surface area contributed by atoms with Gasteiger partial charge in [-0.2, -0.15) is 13.2 Å². The summed E-state index contributed by atoms with van der Waals surface area (Å²) in [5.74, 6) is -2.44. The molecule has 1 heterocycles. The van der Waals surface area contributed by atoms with E-state index in [1.54, 1.807) is 6.92 Å². The summed E-state index contributed by atoms with van der Waals surface area (Å²) in [4.78, 5) is 27.2. The van der Waals surface area contributed by atoms with Crippen LogP contribution < -0.4 is 5.32 Å². The number of pyridine rings is 1. The van der Waals surface area contributed by atoms with Gasteiger partial charge >= 0.3 is 12.1 Å². The van der Waals surface area contributed by atoms with Gasteiger partial charge in [0.1, 0.15) is 0 Å². The molecule has 0 fully saturated rings. The number of hydrogen-bond donors (Lipinski definition) is 2. The molecule has 0 radical (unpaired) electrons. The number of rotatable bonds is 3. The van der Waals surface area contributed by atoms with Gasteiger partial charge in [-0.05, 0) is 37.3 Å². The van der Waals surface area contributed by atoms with Gasteiger partial charge in [-0.15, -0.1) is 0 Å². The van der Waals surface area contributed by atoms with Crippen LogP contribution in [0.4, 0.5) is 18.9 Å². The Morgan fingerprint density at radius 2 is 1.83 bits per heavy atom. The highest BCUT2D eigenvalue weighted by Gasteiger charge is 2.32. The molecule has 8 heteroatoms. The number of carbonyl (C=O) groups excluding carboxylic acids is 1. The lowest BCUT2D eigenvalue weighted by atomic mass is 10.0. The average Bonchev–Trinajstić information content (AvgIpc) is 2.45. The highest BCUT2D eigenvalue weighted by atomic mass is 19.4. The van der Waals surface area contributed by atoms with E-state index in [9.17, 15) is 22.8 Å². The number of nitrogens with one attached hydrogen (secondary N) is 1. The summed E-state index contributed by atoms with van der Waals surface area (Å²) >= 11 is 0. The topological polar surface area (TPSA) is 79.3 Å². The summed E-state index contributed by atoms with van der Waals surface area (Å²) in [6.45, 7) is 1.67. The van der Waals surface area contributed by atoms with E-state index in [1.807, 2.05) is 0 Å². The van der Waals surface area contributed by atoms with Crippen LogP contribution in [-0.4, -0.2) is 22.0 Å². The number of amides is 1. The molecule has 0 aliphatic rings. The van der Waals surface area contributed by atoms with Gasteiger partial charge in [-0.1, -0.05) is 0 Å². The first kappa shape index (κ1) is 16.5. The molecule has 2 rings (SSSR count). The van der Waals surface area contributed by atoms with E-state index in [0.29, 0.717) is 23.5 Å². The minimum absolute atomic E-state index is 0.302. The van der Waals surface area contributed by atoms with Gasteiger partial charge in [-0.3, -0.25) is 9.78 Å². The molecule has 0 aliphatic carbocycles. The van der Waals surface area contributed by atoms with E-state index in [0.717, 1.165) is 6.07 Å². The monoisotopic (exact) mass is 324 g/mol. The van der Waals surface area contributed by atoms with Crippen molar-refractivity contribution in [1.29, 1.82) is 0 Å². The molecule has 0 saturated carbocycles. The minimum atomic E-state index is -4.68. The lowest BCUT2D eigenvalue weighted by Gasteiger charge is -2.12. The molecule has 0 aliphatic heterocycles. The zero-order valence-corrected chi connectivity index (χ0v) is 11.8. The Labute approximate surface area is 128 Å². The molecule has 0 saturated heterocycles. The predicted octanol–water partition coefficient (Wildman–Crippen LogP) is 3.36. The normalized spacial score (nSPS) is 11.1. The van der Waals surface area contributed by atoms with Gasteiger partial charge in [0.2, 0.25) is 0 Å². The van der Waals surface area contributed by atoms with Gasteiger partial charge in [0.15, 0.2) is 0 Å². The Hall–Kier alpha value is -2.90. The first-order chi connectivity index (χ1) is 10.7. The summed E-state index contributed by atoms with van der Waals surface area (Å²) < 4.78 is 38.3. The summed E-state index contributed by atoms with van der Waals surface area (Å²) in [6.07, 6.45) is -3.27. The lowest BCUT2D eigenvalue weighted by molar-refractivity contribution is -0.137. The van der Waals surface area contributed by atoms with Crippen LogP contribution in [0.5, 0.6) is 0 Å². The Bertz CT molecular complexity index is 773. The van der Waals surface area contributed by atoms with Crippen molar-refractivity contribution in [1.82, 2.24) is 4.98 Å². The van der Waals surface area contributed by atoms with Gasteiger partial charge in [0.05, 0.1) is 16.7 Å². The molecule has 5 nitrogen and oxygen atoms in total. The second-order valence-electron chi connectivity index (χ2n) is 4.70. The third-order valence-corrected chi connectivity index (χ3v) is 2.98. The predicted molar refractivity (Wildman–Crippen MR) is 75.3 cm³/mol. The van der Waals surface area contributed by atoms with Gasteiger partial charge in [0.25, 0.3) is 5.91 Å². The number of halogens is 3. The molecule has 1 aromatic heterocycles. The van der Waals surface area contributed by atoms with Crippen molar-refractivity contribution < 1.29 is 27.9 Å². The number of alkyl halides is 3. The molecular weight excluding hydrogens is 313 g/mol. The third kappa shape index (κ3) is 3.85. The largest absolute Gasteiger partial charge is 0.478 e. The fourth-order valence-electron chi connectivity index (χ4n) is 1.92. The van der Waals surface area contributed by atoms with Gasteiger partial charge < -0.3 is 10.4 Å². The average molecular weight is 324 g/mol. The Morgan fingerprint density at radius 1 is 1.13 bits per heavy atom. The quantitative estimate of drug-likeness (QED) is 0.907. The lowest BCUT2D eigenvalue weighted by Crippen LogP contribution is -2.18. The number of carboxylic acid groups (broad SMARTS) is 1. The van der Waals surface area contributed by atoms with E-state index in [2.05, 4.69) is 10.3 Å². The second kappa shape index (κ2) is 6.07. The number of carboxylic acids is 1. The minimum Gasteiger partial charge on any atom is -0.478 e. The second-order valence-corrected chi connectivity index (χ2v) is 4.70. The SMILES string of the molecule is Cc1cc(NC(=O)c2cc(C(F)(F)F)ccc2C(=O)O)ccn1. The van der Waals surface area contributed by atoms with Crippen LogP contribution in [0, 0.1) is 6.92 Å². The van der Waals surface area contributed by atoms with Crippen LogP contribution in [0.15, 0.2) is 36.5 Å². The van der Waals surface area contributed by atoms with Gasteiger partial charge in [-0.25, -0.2) is 4.79 Å². The maximum atomic E-state index is 12.8. The van der Waals surface area contributed by atoms with Crippen molar-refractivity contribution >= 4 is 17.6 Å². The first-order valence-corrected chi connectivity index (χ1v) is 6.37. The molecule has 2 N–H and O–H groups in total. The number of hydrogen-bond acceptors (Lipinski definition) is 3. The number of aromatic nitrogens is 1. The maximum absolute atomic E-state index is 12.8. The molecule has 23 heavy (non-hydrogen) atoms. The standard InChI is InChI=1S/C15H11F3N2O3/c1-8-6-10(4-5-19-8)20-13(21)12-7-9(15(16,17)18)2-3-11(12)14(22)23/h2-7H,1H3,(H,22,23)(H,19,20,21). The van der Waals surface area contributed by atoms with Crippen LogP contribution >= 0.6 is 0 Å². The summed E-state index contributed by atoms with van der Waals surface area (Å²) in [7, 11) is 0. The summed E-state index contributed by atoms with van der Waals surface area (Å²) in [5.41, 5.74) is -1.29. The van der Waals surface area contributed by atoms with Crippen molar-refractivity contribution in [3.8, 4) is 0 Å². The van der Waals surface area contributed by atoms with E-state index >= 15 is 0 Å². The summed E-state index contributed by atoms with van der Waals surface area (Å²) in [5, 5.41) is 11.4. The molecule has 1 aromatic carbocycles. The summed E-state index contributed by atoms with van der Waals surface area (Å²) in [6, 6.07) is 4.85. The fraction of sp³-hybridized carbons (Fsp3) is 0.133. The number of carbonyl (C=O) groups is 2. The van der Waals surface area contributed by atoms with Crippen molar-refractivity contribution in [3.05, 3.63) is 58.9 Å². The Morgan fingerprint density at radius 3 is 2.39 bits per heavy atom. The number of anilines is 1. The Kier molecular flexibility index (Phi) is 4.35. The zero-order valence-electron chi connectivity index (χ0n) is 11.8. The number of benzene rings is 1. The number of aromatic carboxylic acids is 1. The molecule has 0 atom stereocenters. The highest BCUT2D eigenvalue weighted by Crippen LogP contribution is 2.31. The smallest absolute Gasteiger partial charge is 0.416 e. The number of aryl methyl sites for hydroxylation is 1. The first-order valence-electron chi connectivity index (χ1n) is 6.37. The molecule has 2 aromatic rings. The molecule has 0 bridgehead atoms. The zero-order chi connectivity index (χ0) is 17.2. The van der Waals surface area contributed by atoms with Crippen molar-refractivity contribution in [2.75, 3.05) is 5.32 Å². The third-order valence-electron chi connectivity index (χ3n) is 2.98. The van der Waals surface area contributed by atoms with Crippen LogP contribution in [0.2, 0.25) is 0 Å². The Balaban J connectivity index is 2.43. The van der Waals surface area contributed by atoms with Crippen molar-refractivity contribution in [2.45, 2.75) is 13.1 Å². The van der Waals surface area contributed by atoms with Crippen LogP contribution in [0.25, 0.3) is 0 Å². The van der Waals surface area contributed by atoms with Gasteiger partial charge in [0, 0.05) is 17.6 Å². The van der Waals surface area contributed by atoms with E-state index in [-0.39, 0.29) is 0 Å². The van der Waals surface area contributed by atoms with Crippen molar-refractivity contribution in [3.63, 3.8) is 0 Å². The van der Waals surface area contributed by atoms with E-state index in [1.165, 1.54) is 18.3 Å². The molecule has 0 unspecified atom stereocenters. The van der Waals surface area contributed by atoms with E-state index in [4.69, 9.17) is 5.11 Å². The van der Waals surface area contributed by atoms with E-state index < -0.39 is 34.7 Å². The highest BCUT2D eigenvalue weighted by molar-refractivity contribution is 6.10. The molecular formula is C15H11F3N2O3.